The van der Waals surface area contributed by atoms with Crippen molar-refractivity contribution in [2.75, 3.05) is 24.5 Å². The van der Waals surface area contributed by atoms with Crippen LogP contribution in [0.5, 0.6) is 0 Å². The third kappa shape index (κ3) is 3.20. The monoisotopic (exact) mass is 325 g/mol. The Morgan fingerprint density at radius 1 is 1.30 bits per heavy atom. The molecule has 2 saturated heterocycles. The Morgan fingerprint density at radius 3 is 2.43 bits per heavy atom. The highest BCUT2D eigenvalue weighted by Crippen LogP contribution is 2.32. The van der Waals surface area contributed by atoms with Crippen LogP contribution in [0.25, 0.3) is 0 Å². The van der Waals surface area contributed by atoms with Crippen LogP contribution in [0.2, 0.25) is 0 Å². The number of primary amides is 1. The van der Waals surface area contributed by atoms with Crippen molar-refractivity contribution in [3.8, 4) is 0 Å². The number of halogens is 2. The van der Waals surface area contributed by atoms with Gasteiger partial charge in [-0.3, -0.25) is 4.79 Å². The van der Waals surface area contributed by atoms with Crippen molar-refractivity contribution >= 4 is 17.7 Å². The predicted octanol–water partition coefficient (Wildman–Crippen LogP) is 1.51. The zero-order valence-electron chi connectivity index (χ0n) is 12.3. The van der Waals surface area contributed by atoms with E-state index in [9.17, 15) is 18.5 Å². The van der Waals surface area contributed by atoms with E-state index in [4.69, 9.17) is 10.5 Å². The lowest BCUT2D eigenvalue weighted by atomic mass is 9.89. The minimum absolute atomic E-state index is 0.0194. The van der Waals surface area contributed by atoms with Crippen LogP contribution in [-0.4, -0.2) is 49.0 Å². The van der Waals surface area contributed by atoms with E-state index < -0.39 is 30.2 Å². The molecule has 0 aromatic heterocycles. The van der Waals surface area contributed by atoms with E-state index in [0.717, 1.165) is 11.3 Å². The number of carbonyl (C=O) groups excluding carboxylic acids is 2. The van der Waals surface area contributed by atoms with Crippen molar-refractivity contribution in [3.63, 3.8) is 0 Å². The van der Waals surface area contributed by atoms with Gasteiger partial charge in [0, 0.05) is 18.0 Å². The number of amides is 2. The van der Waals surface area contributed by atoms with Crippen molar-refractivity contribution in [3.05, 3.63) is 29.8 Å². The molecule has 2 unspecified atom stereocenters. The first kappa shape index (κ1) is 15.5. The normalized spacial score (nSPS) is 22.7. The molecule has 2 atom stereocenters. The van der Waals surface area contributed by atoms with Gasteiger partial charge in [0.1, 0.15) is 12.3 Å². The van der Waals surface area contributed by atoms with Crippen molar-refractivity contribution in [1.82, 2.24) is 5.12 Å². The number of rotatable bonds is 5. The molecule has 0 spiro atoms. The lowest BCUT2D eigenvalue weighted by Crippen LogP contribution is -2.48. The number of cyclic esters (lactones) is 1. The molecule has 2 aliphatic heterocycles. The molecule has 8 heteroatoms. The summed E-state index contributed by atoms with van der Waals surface area (Å²) < 4.78 is 31.1. The molecule has 0 saturated carbocycles. The number of ether oxygens (including phenoxy) is 1. The lowest BCUT2D eigenvalue weighted by molar-refractivity contribution is -0.118. The molecule has 124 valence electrons. The summed E-state index contributed by atoms with van der Waals surface area (Å²) in [4.78, 5) is 24.4. The number of anilines is 1. The average molecular weight is 325 g/mol. The number of carbonyl (C=O) groups is 2. The van der Waals surface area contributed by atoms with Crippen molar-refractivity contribution in [2.45, 2.75) is 24.6 Å². The van der Waals surface area contributed by atoms with Crippen molar-refractivity contribution in [1.29, 1.82) is 0 Å². The second-order valence-corrected chi connectivity index (χ2v) is 5.84. The van der Waals surface area contributed by atoms with E-state index in [-0.39, 0.29) is 18.1 Å². The van der Waals surface area contributed by atoms with E-state index in [0.29, 0.717) is 13.1 Å². The Bertz CT molecular complexity index is 604. The predicted molar refractivity (Wildman–Crippen MR) is 78.2 cm³/mol. The van der Waals surface area contributed by atoms with Gasteiger partial charge in [-0.25, -0.2) is 9.18 Å². The molecule has 1 aromatic carbocycles. The van der Waals surface area contributed by atoms with Crippen LogP contribution in [-0.2, 0) is 9.53 Å². The molecule has 2 aliphatic rings. The molecule has 1 aromatic rings. The Labute approximate surface area is 131 Å². The second-order valence-electron chi connectivity index (χ2n) is 5.84. The SMILES string of the molecule is NC(=O)CC(c1ccc(N2CC(F)C2)cc1)C1CN(F)C(=O)O1. The van der Waals surface area contributed by atoms with Gasteiger partial charge in [-0.1, -0.05) is 16.6 Å². The number of benzene rings is 1. The maximum Gasteiger partial charge on any atom is 0.438 e. The number of hydrogen-bond acceptors (Lipinski definition) is 4. The van der Waals surface area contributed by atoms with Crippen LogP contribution >= 0.6 is 0 Å². The Morgan fingerprint density at radius 2 is 1.96 bits per heavy atom. The van der Waals surface area contributed by atoms with E-state index in [1.807, 2.05) is 4.90 Å². The molecule has 0 aliphatic carbocycles. The molecule has 0 bridgehead atoms. The highest BCUT2D eigenvalue weighted by molar-refractivity contribution is 5.75. The summed E-state index contributed by atoms with van der Waals surface area (Å²) in [6, 6.07) is 7.14. The quantitative estimate of drug-likeness (QED) is 0.833. The Balaban J connectivity index is 1.76. The van der Waals surface area contributed by atoms with Gasteiger partial charge >= 0.3 is 6.09 Å². The largest absolute Gasteiger partial charge is 0.442 e. The van der Waals surface area contributed by atoms with Crippen molar-refractivity contribution < 1.29 is 23.2 Å². The van der Waals surface area contributed by atoms with E-state index in [1.165, 1.54) is 0 Å². The topological polar surface area (TPSA) is 75.9 Å². The van der Waals surface area contributed by atoms with Crippen LogP contribution in [0.1, 0.15) is 17.9 Å². The van der Waals surface area contributed by atoms with E-state index >= 15 is 0 Å². The summed E-state index contributed by atoms with van der Waals surface area (Å²) in [5.41, 5.74) is 6.85. The van der Waals surface area contributed by atoms with Crippen LogP contribution in [0.15, 0.2) is 24.3 Å². The lowest BCUT2D eigenvalue weighted by Gasteiger charge is -2.36. The van der Waals surface area contributed by atoms with Gasteiger partial charge in [0.15, 0.2) is 0 Å². The summed E-state index contributed by atoms with van der Waals surface area (Å²) in [7, 11) is 0. The van der Waals surface area contributed by atoms with Crippen molar-refractivity contribution in [2.24, 2.45) is 5.73 Å². The summed E-state index contributed by atoms with van der Waals surface area (Å²) in [5.74, 6) is -1.08. The molecule has 2 N–H and O–H groups in total. The fourth-order valence-corrected chi connectivity index (χ4v) is 2.91. The molecule has 2 heterocycles. The third-order valence-electron chi connectivity index (χ3n) is 4.18. The molecular weight excluding hydrogens is 308 g/mol. The van der Waals surface area contributed by atoms with Gasteiger partial charge in [0.05, 0.1) is 19.6 Å². The van der Waals surface area contributed by atoms with Gasteiger partial charge in [0.25, 0.3) is 0 Å². The molecule has 23 heavy (non-hydrogen) atoms. The zero-order chi connectivity index (χ0) is 16.6. The van der Waals surface area contributed by atoms with Gasteiger partial charge < -0.3 is 15.4 Å². The van der Waals surface area contributed by atoms with E-state index in [1.54, 1.807) is 24.3 Å². The standard InChI is InChI=1S/C15H17F2N3O3/c16-10-6-19(7-10)11-3-1-9(2-4-11)12(5-14(18)21)13-8-20(17)15(22)23-13/h1-4,10,12-13H,5-8H2,(H2,18,21). The summed E-state index contributed by atoms with van der Waals surface area (Å²) in [6.07, 6.45) is -2.69. The summed E-state index contributed by atoms with van der Waals surface area (Å²) in [5, 5.41) is -0.0194. The van der Waals surface area contributed by atoms with E-state index in [2.05, 4.69) is 0 Å². The first-order valence-electron chi connectivity index (χ1n) is 7.35. The average Bonchev–Trinajstić information content (AvgIpc) is 2.81. The third-order valence-corrected chi connectivity index (χ3v) is 4.18. The minimum Gasteiger partial charge on any atom is -0.442 e. The fourth-order valence-electron chi connectivity index (χ4n) is 2.91. The van der Waals surface area contributed by atoms with Crippen LogP contribution < -0.4 is 10.6 Å². The zero-order valence-corrected chi connectivity index (χ0v) is 12.3. The number of nitrogens with two attached hydrogens (primary N) is 1. The molecule has 6 nitrogen and oxygen atoms in total. The highest BCUT2D eigenvalue weighted by atomic mass is 19.2. The summed E-state index contributed by atoms with van der Waals surface area (Å²) in [6.45, 7) is 0.483. The molecule has 2 amide bonds. The molecular formula is C15H17F2N3O3. The van der Waals surface area contributed by atoms with Gasteiger partial charge in [-0.2, -0.15) is 0 Å². The van der Waals surface area contributed by atoms with Crippen LogP contribution in [0.3, 0.4) is 0 Å². The van der Waals surface area contributed by atoms with Crippen LogP contribution in [0.4, 0.5) is 19.4 Å². The van der Waals surface area contributed by atoms with Crippen LogP contribution in [0, 0.1) is 0 Å². The van der Waals surface area contributed by atoms with Gasteiger partial charge in [-0.15, -0.1) is 5.12 Å². The minimum atomic E-state index is -1.06. The Kier molecular flexibility index (Phi) is 4.06. The van der Waals surface area contributed by atoms with Gasteiger partial charge in [0.2, 0.25) is 5.91 Å². The number of alkyl halides is 1. The fraction of sp³-hybridized carbons (Fsp3) is 0.467. The van der Waals surface area contributed by atoms with Gasteiger partial charge in [-0.05, 0) is 17.7 Å². The molecule has 3 rings (SSSR count). The number of nitrogens with zero attached hydrogens (tertiary/aromatic N) is 2. The molecule has 2 fully saturated rings. The summed E-state index contributed by atoms with van der Waals surface area (Å²) >= 11 is 0. The maximum absolute atomic E-state index is 13.2. The highest BCUT2D eigenvalue weighted by Gasteiger charge is 2.38. The first-order chi connectivity index (χ1) is 10.9. The Hall–Kier alpha value is -2.38. The first-order valence-corrected chi connectivity index (χ1v) is 7.35. The number of hydrogen-bond donors (Lipinski definition) is 1. The smallest absolute Gasteiger partial charge is 0.438 e. The second kappa shape index (κ2) is 6.02. The maximum atomic E-state index is 13.2. The molecule has 0 radical (unpaired) electrons.